The first-order valence-corrected chi connectivity index (χ1v) is 4.48. The highest BCUT2D eigenvalue weighted by Gasteiger charge is 2.11. The van der Waals surface area contributed by atoms with Crippen molar-refractivity contribution in [1.29, 1.82) is 0 Å². The highest BCUT2D eigenvalue weighted by atomic mass is 32.1. The van der Waals surface area contributed by atoms with Gasteiger partial charge in [-0.1, -0.05) is 12.2 Å². The molecule has 1 aromatic heterocycles. The number of carbonyl (C=O) groups is 1. The van der Waals surface area contributed by atoms with E-state index in [1.165, 1.54) is 0 Å². The lowest BCUT2D eigenvalue weighted by Gasteiger charge is -2.01. The second-order valence-corrected chi connectivity index (χ2v) is 3.48. The van der Waals surface area contributed by atoms with Crippen molar-refractivity contribution < 1.29 is 4.79 Å². The fourth-order valence-corrected chi connectivity index (χ4v) is 1.16. The van der Waals surface area contributed by atoms with E-state index in [1.54, 1.807) is 24.9 Å². The summed E-state index contributed by atoms with van der Waals surface area (Å²) >= 11 is 4.64. The summed E-state index contributed by atoms with van der Waals surface area (Å²) in [6.07, 6.45) is 1.66. The lowest BCUT2D eigenvalue weighted by Crippen LogP contribution is -2.32. The summed E-state index contributed by atoms with van der Waals surface area (Å²) in [6.45, 7) is 1.98. The molecule has 0 spiro atoms. The zero-order valence-corrected chi connectivity index (χ0v) is 8.89. The van der Waals surface area contributed by atoms with Crippen LogP contribution in [-0.2, 0) is 7.05 Å². The van der Waals surface area contributed by atoms with Crippen molar-refractivity contribution in [3.05, 3.63) is 17.5 Å². The lowest BCUT2D eigenvalue weighted by molar-refractivity contribution is 0.0958. The summed E-state index contributed by atoms with van der Waals surface area (Å²) in [5, 5.41) is 6.65. The van der Waals surface area contributed by atoms with Crippen LogP contribution in [0.25, 0.3) is 0 Å². The maximum absolute atomic E-state index is 11.5. The molecule has 1 rings (SSSR count). The van der Waals surface area contributed by atoms with Crippen LogP contribution >= 0.6 is 12.2 Å². The summed E-state index contributed by atoms with van der Waals surface area (Å²) in [4.78, 5) is 11.8. The summed E-state index contributed by atoms with van der Waals surface area (Å²) in [5.74, 6) is -0.205. The standard InChI is InChI=1S/C8H12N4OS/c1-5-6(4-12(2)11-5)8(13)10-3-7(9)14/h4H,3H2,1-2H3,(H2,9,14)(H,10,13). The molecule has 0 saturated heterocycles. The fourth-order valence-electron chi connectivity index (χ4n) is 1.09. The third-order valence-corrected chi connectivity index (χ3v) is 1.83. The van der Waals surface area contributed by atoms with E-state index >= 15 is 0 Å². The summed E-state index contributed by atoms with van der Waals surface area (Å²) < 4.78 is 1.59. The van der Waals surface area contributed by atoms with E-state index in [0.717, 1.165) is 0 Å². The number of carbonyl (C=O) groups excluding carboxylic acids is 1. The quantitative estimate of drug-likeness (QED) is 0.677. The van der Waals surface area contributed by atoms with Crippen LogP contribution in [0.4, 0.5) is 0 Å². The van der Waals surface area contributed by atoms with Gasteiger partial charge in [-0.05, 0) is 6.92 Å². The number of nitrogens with one attached hydrogen (secondary N) is 1. The van der Waals surface area contributed by atoms with Gasteiger partial charge < -0.3 is 11.1 Å². The Morgan fingerprint density at radius 1 is 1.79 bits per heavy atom. The molecule has 1 heterocycles. The summed E-state index contributed by atoms with van der Waals surface area (Å²) in [5.41, 5.74) is 6.49. The molecule has 0 aliphatic heterocycles. The minimum Gasteiger partial charge on any atom is -0.392 e. The molecule has 0 aliphatic rings. The number of nitrogens with two attached hydrogens (primary N) is 1. The van der Waals surface area contributed by atoms with Gasteiger partial charge in [-0.15, -0.1) is 0 Å². The molecule has 1 amide bonds. The predicted octanol–water partition coefficient (Wildman–Crippen LogP) is -0.256. The van der Waals surface area contributed by atoms with E-state index in [9.17, 15) is 4.79 Å². The molecule has 0 aromatic carbocycles. The van der Waals surface area contributed by atoms with E-state index in [4.69, 9.17) is 5.73 Å². The van der Waals surface area contributed by atoms with Gasteiger partial charge in [-0.25, -0.2) is 0 Å². The molecule has 0 atom stereocenters. The molecule has 14 heavy (non-hydrogen) atoms. The van der Waals surface area contributed by atoms with Gasteiger partial charge >= 0.3 is 0 Å². The number of hydrogen-bond acceptors (Lipinski definition) is 3. The van der Waals surface area contributed by atoms with Crippen molar-refractivity contribution in [3.63, 3.8) is 0 Å². The zero-order valence-electron chi connectivity index (χ0n) is 8.07. The third-order valence-electron chi connectivity index (χ3n) is 1.68. The van der Waals surface area contributed by atoms with Gasteiger partial charge in [0.2, 0.25) is 0 Å². The molecule has 0 bridgehead atoms. The Kier molecular flexibility index (Phi) is 3.19. The van der Waals surface area contributed by atoms with E-state index in [0.29, 0.717) is 11.3 Å². The van der Waals surface area contributed by atoms with E-state index < -0.39 is 0 Å². The highest BCUT2D eigenvalue weighted by molar-refractivity contribution is 7.80. The van der Waals surface area contributed by atoms with Crippen molar-refractivity contribution in [3.8, 4) is 0 Å². The second kappa shape index (κ2) is 4.19. The Hall–Kier alpha value is -1.43. The van der Waals surface area contributed by atoms with Gasteiger partial charge in [-0.3, -0.25) is 9.48 Å². The molecule has 5 nitrogen and oxygen atoms in total. The molecule has 0 radical (unpaired) electrons. The maximum Gasteiger partial charge on any atom is 0.255 e. The molecular weight excluding hydrogens is 200 g/mol. The summed E-state index contributed by atoms with van der Waals surface area (Å²) in [7, 11) is 1.76. The van der Waals surface area contributed by atoms with Gasteiger partial charge in [0.15, 0.2) is 0 Å². The maximum atomic E-state index is 11.5. The number of thiocarbonyl (C=S) groups is 1. The van der Waals surface area contributed by atoms with Gasteiger partial charge in [0.25, 0.3) is 5.91 Å². The predicted molar refractivity (Wildman–Crippen MR) is 57.1 cm³/mol. The molecule has 0 fully saturated rings. The minimum atomic E-state index is -0.205. The molecule has 76 valence electrons. The number of nitrogens with zero attached hydrogens (tertiary/aromatic N) is 2. The zero-order chi connectivity index (χ0) is 10.7. The molecule has 1 aromatic rings. The normalized spacial score (nSPS) is 9.86. The largest absolute Gasteiger partial charge is 0.392 e. The van der Waals surface area contributed by atoms with Gasteiger partial charge in [0.05, 0.1) is 22.8 Å². The number of rotatable bonds is 3. The van der Waals surface area contributed by atoms with Crippen molar-refractivity contribution in [2.45, 2.75) is 6.92 Å². The van der Waals surface area contributed by atoms with Crippen molar-refractivity contribution >= 4 is 23.1 Å². The molecule has 0 saturated carbocycles. The van der Waals surface area contributed by atoms with Crippen LogP contribution in [0.2, 0.25) is 0 Å². The van der Waals surface area contributed by atoms with E-state index in [1.807, 2.05) is 0 Å². The van der Waals surface area contributed by atoms with Crippen LogP contribution in [0, 0.1) is 6.92 Å². The molecule has 6 heteroatoms. The molecule has 0 unspecified atom stereocenters. The highest BCUT2D eigenvalue weighted by Crippen LogP contribution is 2.03. The lowest BCUT2D eigenvalue weighted by atomic mass is 10.2. The van der Waals surface area contributed by atoms with Crippen LogP contribution in [-0.4, -0.2) is 27.2 Å². The Bertz CT molecular complexity index is 371. The van der Waals surface area contributed by atoms with Crippen LogP contribution in [0.15, 0.2) is 6.20 Å². The minimum absolute atomic E-state index is 0.205. The first-order valence-electron chi connectivity index (χ1n) is 4.07. The van der Waals surface area contributed by atoms with E-state index in [-0.39, 0.29) is 17.4 Å². The van der Waals surface area contributed by atoms with Crippen LogP contribution < -0.4 is 11.1 Å². The van der Waals surface area contributed by atoms with Crippen LogP contribution in [0.5, 0.6) is 0 Å². The first kappa shape index (κ1) is 10.6. The van der Waals surface area contributed by atoms with Crippen molar-refractivity contribution in [2.24, 2.45) is 12.8 Å². The summed E-state index contributed by atoms with van der Waals surface area (Å²) in [6, 6.07) is 0. The topological polar surface area (TPSA) is 72.9 Å². The number of aryl methyl sites for hydroxylation is 2. The number of amides is 1. The smallest absolute Gasteiger partial charge is 0.255 e. The average molecular weight is 212 g/mol. The van der Waals surface area contributed by atoms with Gasteiger partial charge in [0.1, 0.15) is 0 Å². The molecule has 0 aliphatic carbocycles. The average Bonchev–Trinajstić information content (AvgIpc) is 2.41. The second-order valence-electron chi connectivity index (χ2n) is 2.95. The third kappa shape index (κ3) is 2.53. The van der Waals surface area contributed by atoms with Crippen molar-refractivity contribution in [2.75, 3.05) is 6.54 Å². The van der Waals surface area contributed by atoms with E-state index in [2.05, 4.69) is 22.6 Å². The first-order chi connectivity index (χ1) is 6.50. The monoisotopic (exact) mass is 212 g/mol. The van der Waals surface area contributed by atoms with Crippen molar-refractivity contribution in [1.82, 2.24) is 15.1 Å². The Balaban J connectivity index is 2.69. The molecule has 3 N–H and O–H groups in total. The number of hydrogen-bond donors (Lipinski definition) is 2. The van der Waals surface area contributed by atoms with Gasteiger partial charge in [0, 0.05) is 13.2 Å². The Labute approximate surface area is 87.3 Å². The van der Waals surface area contributed by atoms with Crippen LogP contribution in [0.3, 0.4) is 0 Å². The van der Waals surface area contributed by atoms with Crippen LogP contribution in [0.1, 0.15) is 16.1 Å². The Morgan fingerprint density at radius 2 is 2.43 bits per heavy atom. The molecular formula is C8H12N4OS. The SMILES string of the molecule is Cc1nn(C)cc1C(=O)NCC(N)=S. The Morgan fingerprint density at radius 3 is 2.86 bits per heavy atom. The van der Waals surface area contributed by atoms with Gasteiger partial charge in [-0.2, -0.15) is 5.10 Å². The number of aromatic nitrogens is 2. The fraction of sp³-hybridized carbons (Fsp3) is 0.375.